The van der Waals surface area contributed by atoms with E-state index in [1.165, 1.54) is 0 Å². The summed E-state index contributed by atoms with van der Waals surface area (Å²) >= 11 is 0. The molecule has 1 heterocycles. The predicted molar refractivity (Wildman–Crippen MR) is 62.9 cm³/mol. The van der Waals surface area contributed by atoms with E-state index in [1.807, 2.05) is 19.1 Å². The van der Waals surface area contributed by atoms with E-state index in [0.29, 0.717) is 6.54 Å². The molecule has 3 N–H and O–H groups in total. The van der Waals surface area contributed by atoms with Gasteiger partial charge >= 0.3 is 0 Å². The van der Waals surface area contributed by atoms with Gasteiger partial charge in [0.25, 0.3) is 0 Å². The van der Waals surface area contributed by atoms with Crippen LogP contribution in [0.3, 0.4) is 0 Å². The maximum Gasteiger partial charge on any atom is 0.148 e. The van der Waals surface area contributed by atoms with Gasteiger partial charge in [-0.2, -0.15) is 5.10 Å². The van der Waals surface area contributed by atoms with Crippen LogP contribution in [-0.2, 0) is 5.41 Å². The number of aromatic nitrogens is 2. The minimum absolute atomic E-state index is 0.0466. The third-order valence-electron chi connectivity index (χ3n) is 2.18. The van der Waals surface area contributed by atoms with E-state index in [-0.39, 0.29) is 11.5 Å². The Bertz CT molecular complexity index is 299. The third-order valence-corrected chi connectivity index (χ3v) is 2.18. The maximum absolute atomic E-state index is 5.51. The van der Waals surface area contributed by atoms with Gasteiger partial charge in [-0.1, -0.05) is 20.8 Å². The molecule has 0 aromatic carbocycles. The first-order valence-electron chi connectivity index (χ1n) is 5.24. The molecule has 4 nitrogen and oxygen atoms in total. The summed E-state index contributed by atoms with van der Waals surface area (Å²) in [5.74, 6) is 0.779. The number of hydrogen-bond acceptors (Lipinski definition) is 4. The fraction of sp³-hybridized carbons (Fsp3) is 0.636. The zero-order valence-corrected chi connectivity index (χ0v) is 9.91. The van der Waals surface area contributed by atoms with Crippen molar-refractivity contribution in [2.45, 2.75) is 39.2 Å². The molecule has 0 amide bonds. The van der Waals surface area contributed by atoms with E-state index in [0.717, 1.165) is 11.5 Å². The molecule has 0 saturated heterocycles. The summed E-state index contributed by atoms with van der Waals surface area (Å²) < 4.78 is 0. The summed E-state index contributed by atoms with van der Waals surface area (Å²) in [5.41, 5.74) is 6.55. The highest BCUT2D eigenvalue weighted by Crippen LogP contribution is 2.19. The van der Waals surface area contributed by atoms with E-state index in [2.05, 4.69) is 36.3 Å². The van der Waals surface area contributed by atoms with E-state index < -0.39 is 0 Å². The third kappa shape index (κ3) is 3.47. The first kappa shape index (κ1) is 11.9. The molecule has 1 rings (SSSR count). The molecule has 0 fully saturated rings. The van der Waals surface area contributed by atoms with E-state index >= 15 is 0 Å². The number of nitrogens with zero attached hydrogens (tertiary/aromatic N) is 2. The molecule has 1 aromatic rings. The summed E-state index contributed by atoms with van der Waals surface area (Å²) in [5, 5.41) is 11.5. The van der Waals surface area contributed by atoms with Crippen molar-refractivity contribution in [3.05, 3.63) is 17.8 Å². The smallest absolute Gasteiger partial charge is 0.148 e. The lowest BCUT2D eigenvalue weighted by Crippen LogP contribution is -2.26. The van der Waals surface area contributed by atoms with Crippen molar-refractivity contribution in [2.75, 3.05) is 11.9 Å². The summed E-state index contributed by atoms with van der Waals surface area (Å²) in [6.45, 7) is 8.95. The Balaban J connectivity index is 2.73. The van der Waals surface area contributed by atoms with Crippen LogP contribution in [0.1, 0.15) is 33.4 Å². The Kier molecular flexibility index (Phi) is 3.63. The molecule has 1 unspecified atom stereocenters. The predicted octanol–water partition coefficient (Wildman–Crippen LogP) is 1.53. The number of rotatable bonds is 3. The first-order chi connectivity index (χ1) is 6.93. The van der Waals surface area contributed by atoms with Crippen LogP contribution in [0.2, 0.25) is 0 Å². The molecule has 0 aliphatic carbocycles. The second-order valence-electron chi connectivity index (χ2n) is 4.83. The Morgan fingerprint density at radius 1 is 1.33 bits per heavy atom. The molecular weight excluding hydrogens is 188 g/mol. The van der Waals surface area contributed by atoms with E-state index in [4.69, 9.17) is 5.73 Å². The normalized spacial score (nSPS) is 13.7. The van der Waals surface area contributed by atoms with Crippen LogP contribution in [0, 0.1) is 0 Å². The molecule has 1 aromatic heterocycles. The van der Waals surface area contributed by atoms with Crippen LogP contribution in [0.4, 0.5) is 5.82 Å². The maximum atomic E-state index is 5.51. The highest BCUT2D eigenvalue weighted by atomic mass is 15.2. The van der Waals surface area contributed by atoms with Gasteiger partial charge in [0.15, 0.2) is 0 Å². The zero-order valence-electron chi connectivity index (χ0n) is 9.91. The van der Waals surface area contributed by atoms with Crippen LogP contribution < -0.4 is 11.1 Å². The fourth-order valence-corrected chi connectivity index (χ4v) is 1.12. The lowest BCUT2D eigenvalue weighted by atomic mass is 9.92. The Labute approximate surface area is 91.3 Å². The van der Waals surface area contributed by atoms with Crippen LogP contribution >= 0.6 is 0 Å². The van der Waals surface area contributed by atoms with Gasteiger partial charge in [-0.05, 0) is 19.1 Å². The molecule has 84 valence electrons. The largest absolute Gasteiger partial charge is 0.365 e. The number of nitrogens with two attached hydrogens (primary N) is 1. The van der Waals surface area contributed by atoms with Crippen molar-refractivity contribution in [3.8, 4) is 0 Å². The topological polar surface area (TPSA) is 63.8 Å². The molecule has 1 atom stereocenters. The van der Waals surface area contributed by atoms with Crippen molar-refractivity contribution >= 4 is 5.82 Å². The van der Waals surface area contributed by atoms with Crippen molar-refractivity contribution in [3.63, 3.8) is 0 Å². The lowest BCUT2D eigenvalue weighted by molar-refractivity contribution is 0.558. The summed E-state index contributed by atoms with van der Waals surface area (Å²) in [6, 6.07) is 4.16. The van der Waals surface area contributed by atoms with Crippen LogP contribution in [0.5, 0.6) is 0 Å². The van der Waals surface area contributed by atoms with E-state index in [1.54, 1.807) is 0 Å². The molecule has 15 heavy (non-hydrogen) atoms. The second-order valence-corrected chi connectivity index (χ2v) is 4.83. The Morgan fingerprint density at radius 2 is 2.00 bits per heavy atom. The zero-order chi connectivity index (χ0) is 11.5. The molecule has 0 aliphatic heterocycles. The number of hydrogen-bond donors (Lipinski definition) is 2. The summed E-state index contributed by atoms with van der Waals surface area (Å²) in [6.07, 6.45) is 0. The van der Waals surface area contributed by atoms with Gasteiger partial charge in [-0.15, -0.1) is 5.10 Å². The van der Waals surface area contributed by atoms with Gasteiger partial charge in [0.1, 0.15) is 5.82 Å². The van der Waals surface area contributed by atoms with Gasteiger partial charge in [-0.3, -0.25) is 0 Å². The molecule has 0 bridgehead atoms. The molecule has 0 saturated carbocycles. The van der Waals surface area contributed by atoms with Gasteiger partial charge in [0, 0.05) is 18.0 Å². The van der Waals surface area contributed by atoms with Crippen molar-refractivity contribution in [2.24, 2.45) is 5.73 Å². The van der Waals surface area contributed by atoms with Gasteiger partial charge < -0.3 is 11.1 Å². The molecule has 0 radical (unpaired) electrons. The van der Waals surface area contributed by atoms with Gasteiger partial charge in [0.05, 0.1) is 5.69 Å². The molecular formula is C11H20N4. The van der Waals surface area contributed by atoms with E-state index in [9.17, 15) is 0 Å². The minimum atomic E-state index is 0.0466. The average Bonchev–Trinajstić information content (AvgIpc) is 2.17. The molecule has 0 aliphatic rings. The number of nitrogens with one attached hydrogen (secondary N) is 1. The average molecular weight is 208 g/mol. The Hall–Kier alpha value is -1.16. The second kappa shape index (κ2) is 4.57. The fourth-order valence-electron chi connectivity index (χ4n) is 1.12. The van der Waals surface area contributed by atoms with Crippen LogP contribution in [0.15, 0.2) is 12.1 Å². The quantitative estimate of drug-likeness (QED) is 0.790. The van der Waals surface area contributed by atoms with Crippen molar-refractivity contribution in [1.29, 1.82) is 0 Å². The van der Waals surface area contributed by atoms with Crippen molar-refractivity contribution < 1.29 is 0 Å². The standard InChI is InChI=1S/C11H20N4/c1-8(7-12)13-10-6-5-9(14-15-10)11(2,3)4/h5-6,8H,7,12H2,1-4H3,(H,13,15). The highest BCUT2D eigenvalue weighted by molar-refractivity contribution is 5.35. The Morgan fingerprint density at radius 3 is 2.40 bits per heavy atom. The highest BCUT2D eigenvalue weighted by Gasteiger charge is 2.15. The van der Waals surface area contributed by atoms with Crippen molar-refractivity contribution in [1.82, 2.24) is 10.2 Å². The molecule has 0 spiro atoms. The minimum Gasteiger partial charge on any atom is -0.365 e. The van der Waals surface area contributed by atoms with Crippen LogP contribution in [-0.4, -0.2) is 22.8 Å². The first-order valence-corrected chi connectivity index (χ1v) is 5.24. The van der Waals surface area contributed by atoms with Gasteiger partial charge in [0.2, 0.25) is 0 Å². The monoisotopic (exact) mass is 208 g/mol. The van der Waals surface area contributed by atoms with Gasteiger partial charge in [-0.25, -0.2) is 0 Å². The number of anilines is 1. The summed E-state index contributed by atoms with van der Waals surface area (Å²) in [7, 11) is 0. The lowest BCUT2D eigenvalue weighted by Gasteiger charge is -2.17. The van der Waals surface area contributed by atoms with Crippen LogP contribution in [0.25, 0.3) is 0 Å². The summed E-state index contributed by atoms with van der Waals surface area (Å²) in [4.78, 5) is 0. The SMILES string of the molecule is CC(CN)Nc1ccc(C(C)(C)C)nn1. The molecule has 4 heteroatoms.